The number of carbonyl (C=O) groups excluding carboxylic acids is 1. The van der Waals surface area contributed by atoms with Gasteiger partial charge in [-0.3, -0.25) is 0 Å². The van der Waals surface area contributed by atoms with Crippen molar-refractivity contribution in [3.8, 4) is 0 Å². The molecule has 0 spiro atoms. The first kappa shape index (κ1) is 15.1. The summed E-state index contributed by atoms with van der Waals surface area (Å²) in [7, 11) is 0. The van der Waals surface area contributed by atoms with E-state index in [-0.39, 0.29) is 12.6 Å². The summed E-state index contributed by atoms with van der Waals surface area (Å²) in [5.74, 6) is 1.39. The van der Waals surface area contributed by atoms with Gasteiger partial charge in [0, 0.05) is 11.3 Å². The normalized spacial score (nSPS) is 13.5. The lowest BCUT2D eigenvalue weighted by Gasteiger charge is -2.23. The van der Waals surface area contributed by atoms with Gasteiger partial charge in [-0.05, 0) is 39.0 Å². The second-order valence-electron chi connectivity index (χ2n) is 5.27. The highest BCUT2D eigenvalue weighted by Crippen LogP contribution is 2.26. The number of para-hydroxylation sites is 1. The first-order valence-corrected chi connectivity index (χ1v) is 6.78. The Morgan fingerprint density at radius 3 is 2.52 bits per heavy atom. The minimum atomic E-state index is -1.18. The molecule has 0 radical (unpaired) electrons. The molecule has 0 bridgehead atoms. The van der Waals surface area contributed by atoms with Crippen LogP contribution in [0.3, 0.4) is 0 Å². The molecule has 5 heteroatoms. The molecule has 1 aromatic carbocycles. The quantitative estimate of drug-likeness (QED) is 0.809. The van der Waals surface area contributed by atoms with Crippen molar-refractivity contribution in [1.82, 2.24) is 5.32 Å². The Labute approximate surface area is 124 Å². The van der Waals surface area contributed by atoms with Crippen molar-refractivity contribution in [2.45, 2.75) is 26.4 Å². The minimum Gasteiger partial charge on any atom is -0.466 e. The van der Waals surface area contributed by atoms with Crippen LogP contribution in [0.4, 0.5) is 10.5 Å². The number of amides is 2. The highest BCUT2D eigenvalue weighted by Gasteiger charge is 2.28. The molecule has 0 aliphatic heterocycles. The van der Waals surface area contributed by atoms with Crippen LogP contribution in [-0.2, 0) is 5.60 Å². The van der Waals surface area contributed by atoms with Gasteiger partial charge in [-0.2, -0.15) is 0 Å². The van der Waals surface area contributed by atoms with Crippen molar-refractivity contribution in [2.75, 3.05) is 11.9 Å². The molecule has 2 aromatic rings. The van der Waals surface area contributed by atoms with Gasteiger partial charge in [-0.25, -0.2) is 4.79 Å². The molecule has 3 N–H and O–H groups in total. The maximum atomic E-state index is 11.8. The van der Waals surface area contributed by atoms with Crippen LogP contribution in [0.1, 0.15) is 24.0 Å². The van der Waals surface area contributed by atoms with Crippen molar-refractivity contribution in [1.29, 1.82) is 0 Å². The van der Waals surface area contributed by atoms with Crippen LogP contribution in [-0.4, -0.2) is 17.7 Å². The van der Waals surface area contributed by atoms with Crippen LogP contribution in [0.2, 0.25) is 0 Å². The SMILES string of the molecule is Cc1cc(C(C)(O)CNC(=O)Nc2ccccc2)c(C)o1. The summed E-state index contributed by atoms with van der Waals surface area (Å²) >= 11 is 0. The number of urea groups is 1. The van der Waals surface area contributed by atoms with E-state index in [1.165, 1.54) is 0 Å². The molecule has 0 aliphatic rings. The topological polar surface area (TPSA) is 74.5 Å². The predicted molar refractivity (Wildman–Crippen MR) is 81.2 cm³/mol. The summed E-state index contributed by atoms with van der Waals surface area (Å²) in [6.45, 7) is 5.35. The summed E-state index contributed by atoms with van der Waals surface area (Å²) in [5.41, 5.74) is 0.195. The lowest BCUT2D eigenvalue weighted by atomic mass is 9.96. The molecule has 0 saturated heterocycles. The van der Waals surface area contributed by atoms with Gasteiger partial charge >= 0.3 is 6.03 Å². The molecule has 0 fully saturated rings. The van der Waals surface area contributed by atoms with E-state index in [0.29, 0.717) is 17.0 Å². The molecule has 1 atom stereocenters. The fraction of sp³-hybridized carbons (Fsp3) is 0.312. The van der Waals surface area contributed by atoms with E-state index in [9.17, 15) is 9.90 Å². The first-order valence-electron chi connectivity index (χ1n) is 6.78. The summed E-state index contributed by atoms with van der Waals surface area (Å²) < 4.78 is 5.41. The maximum absolute atomic E-state index is 11.8. The molecule has 2 amide bonds. The van der Waals surface area contributed by atoms with Gasteiger partial charge in [-0.15, -0.1) is 0 Å². The number of aliphatic hydroxyl groups is 1. The average molecular weight is 288 g/mol. The molecule has 21 heavy (non-hydrogen) atoms. The second-order valence-corrected chi connectivity index (χ2v) is 5.27. The van der Waals surface area contributed by atoms with E-state index in [1.54, 1.807) is 32.0 Å². The number of benzene rings is 1. The van der Waals surface area contributed by atoms with Crippen LogP contribution >= 0.6 is 0 Å². The summed E-state index contributed by atoms with van der Waals surface area (Å²) in [4.78, 5) is 11.8. The predicted octanol–water partition coefficient (Wildman–Crippen LogP) is 2.93. The van der Waals surface area contributed by atoms with Crippen LogP contribution in [0.15, 0.2) is 40.8 Å². The van der Waals surface area contributed by atoms with Gasteiger partial charge < -0.3 is 20.2 Å². The number of aryl methyl sites for hydroxylation is 2. The second kappa shape index (κ2) is 6.01. The van der Waals surface area contributed by atoms with Gasteiger partial charge in [-0.1, -0.05) is 18.2 Å². The number of hydrogen-bond donors (Lipinski definition) is 3. The van der Waals surface area contributed by atoms with Crippen LogP contribution < -0.4 is 10.6 Å². The largest absolute Gasteiger partial charge is 0.466 e. The fourth-order valence-corrected chi connectivity index (χ4v) is 2.21. The lowest BCUT2D eigenvalue weighted by molar-refractivity contribution is 0.0584. The van der Waals surface area contributed by atoms with E-state index < -0.39 is 5.60 Å². The zero-order chi connectivity index (χ0) is 15.5. The van der Waals surface area contributed by atoms with E-state index in [1.807, 2.05) is 25.1 Å². The summed E-state index contributed by atoms with van der Waals surface area (Å²) in [6, 6.07) is 10.6. The molecular weight excluding hydrogens is 268 g/mol. The Balaban J connectivity index is 1.95. The Bertz CT molecular complexity index is 618. The molecular formula is C16H20N2O3. The molecule has 2 rings (SSSR count). The van der Waals surface area contributed by atoms with Gasteiger partial charge in [0.1, 0.15) is 17.1 Å². The van der Waals surface area contributed by atoms with Crippen LogP contribution in [0.5, 0.6) is 0 Å². The van der Waals surface area contributed by atoms with E-state index >= 15 is 0 Å². The maximum Gasteiger partial charge on any atom is 0.319 e. The van der Waals surface area contributed by atoms with Crippen molar-refractivity contribution >= 4 is 11.7 Å². The third-order valence-electron chi connectivity index (χ3n) is 3.25. The van der Waals surface area contributed by atoms with Crippen molar-refractivity contribution < 1.29 is 14.3 Å². The van der Waals surface area contributed by atoms with Crippen LogP contribution in [0.25, 0.3) is 0 Å². The summed E-state index contributed by atoms with van der Waals surface area (Å²) in [6.07, 6.45) is 0. The first-order chi connectivity index (χ1) is 9.88. The highest BCUT2D eigenvalue weighted by atomic mass is 16.3. The number of carbonyl (C=O) groups is 1. The molecule has 112 valence electrons. The summed E-state index contributed by atoms with van der Waals surface area (Å²) in [5, 5.41) is 15.9. The third-order valence-corrected chi connectivity index (χ3v) is 3.25. The van der Waals surface area contributed by atoms with Crippen molar-refractivity contribution in [3.63, 3.8) is 0 Å². The molecule has 5 nitrogen and oxygen atoms in total. The molecule has 1 heterocycles. The Morgan fingerprint density at radius 2 is 1.95 bits per heavy atom. The van der Waals surface area contributed by atoms with Gasteiger partial charge in [0.05, 0.1) is 6.54 Å². The Morgan fingerprint density at radius 1 is 1.29 bits per heavy atom. The van der Waals surface area contributed by atoms with Crippen molar-refractivity contribution in [2.24, 2.45) is 0 Å². The molecule has 0 saturated carbocycles. The number of furan rings is 1. The Kier molecular flexibility index (Phi) is 4.33. The number of nitrogens with one attached hydrogen (secondary N) is 2. The molecule has 0 aliphatic carbocycles. The molecule has 1 unspecified atom stereocenters. The monoisotopic (exact) mass is 288 g/mol. The number of hydrogen-bond acceptors (Lipinski definition) is 3. The van der Waals surface area contributed by atoms with Gasteiger partial charge in [0.25, 0.3) is 0 Å². The molecule has 1 aromatic heterocycles. The highest BCUT2D eigenvalue weighted by molar-refractivity contribution is 5.89. The van der Waals surface area contributed by atoms with Gasteiger partial charge in [0.2, 0.25) is 0 Å². The third kappa shape index (κ3) is 3.86. The van der Waals surface area contributed by atoms with E-state index in [2.05, 4.69) is 10.6 Å². The fourth-order valence-electron chi connectivity index (χ4n) is 2.21. The van der Waals surface area contributed by atoms with Crippen LogP contribution in [0, 0.1) is 13.8 Å². The zero-order valence-electron chi connectivity index (χ0n) is 12.4. The standard InChI is InChI=1S/C16H20N2O3/c1-11-9-14(12(2)21-11)16(3,20)10-17-15(19)18-13-7-5-4-6-8-13/h4-9,20H,10H2,1-3H3,(H2,17,18,19). The Hall–Kier alpha value is -2.27. The smallest absolute Gasteiger partial charge is 0.319 e. The lowest BCUT2D eigenvalue weighted by Crippen LogP contribution is -2.40. The number of rotatable bonds is 4. The van der Waals surface area contributed by atoms with E-state index in [0.717, 1.165) is 5.76 Å². The average Bonchev–Trinajstić information content (AvgIpc) is 2.78. The number of anilines is 1. The van der Waals surface area contributed by atoms with E-state index in [4.69, 9.17) is 4.42 Å². The van der Waals surface area contributed by atoms with Crippen molar-refractivity contribution in [3.05, 3.63) is 53.5 Å². The zero-order valence-corrected chi connectivity index (χ0v) is 12.4. The minimum absolute atomic E-state index is 0.0888. The van der Waals surface area contributed by atoms with Gasteiger partial charge in [0.15, 0.2) is 0 Å².